The predicted octanol–water partition coefficient (Wildman–Crippen LogP) is 5.03. The van der Waals surface area contributed by atoms with Crippen LogP contribution in [-0.4, -0.2) is 10.8 Å². The maximum Gasteiger partial charge on any atom is 0.187 e. The van der Waals surface area contributed by atoms with Crippen LogP contribution in [-0.2, 0) is 0 Å². The molecular formula is C17H12F2N2OS. The van der Waals surface area contributed by atoms with Gasteiger partial charge in [0.05, 0.1) is 5.69 Å². The maximum atomic E-state index is 13.3. The lowest BCUT2D eigenvalue weighted by Gasteiger charge is -2.03. The molecule has 23 heavy (non-hydrogen) atoms. The second kappa shape index (κ2) is 6.26. The van der Waals surface area contributed by atoms with E-state index >= 15 is 0 Å². The van der Waals surface area contributed by atoms with Crippen molar-refractivity contribution in [3.05, 3.63) is 65.0 Å². The zero-order valence-corrected chi connectivity index (χ0v) is 13.0. The van der Waals surface area contributed by atoms with Crippen LogP contribution in [0, 0.1) is 11.6 Å². The van der Waals surface area contributed by atoms with Gasteiger partial charge in [0.25, 0.3) is 0 Å². The number of thiazole rings is 1. The lowest BCUT2D eigenvalue weighted by atomic mass is 10.1. The smallest absolute Gasteiger partial charge is 0.187 e. The Labute approximate surface area is 135 Å². The summed E-state index contributed by atoms with van der Waals surface area (Å²) in [5.41, 5.74) is 2.51. The molecule has 3 nitrogen and oxygen atoms in total. The average Bonchev–Trinajstić information content (AvgIpc) is 2.99. The number of hydrogen-bond acceptors (Lipinski definition) is 4. The zero-order chi connectivity index (χ0) is 16.4. The number of aromatic nitrogens is 1. The van der Waals surface area contributed by atoms with Crippen molar-refractivity contribution in [3.8, 4) is 11.3 Å². The van der Waals surface area contributed by atoms with Crippen LogP contribution in [0.1, 0.15) is 17.3 Å². The molecule has 0 aliphatic carbocycles. The van der Waals surface area contributed by atoms with Crippen LogP contribution in [0.3, 0.4) is 0 Å². The predicted molar refractivity (Wildman–Crippen MR) is 87.2 cm³/mol. The van der Waals surface area contributed by atoms with Gasteiger partial charge in [-0.2, -0.15) is 0 Å². The van der Waals surface area contributed by atoms with E-state index in [1.807, 2.05) is 0 Å². The first-order valence-corrected chi connectivity index (χ1v) is 7.70. The molecule has 0 bridgehead atoms. The number of carbonyl (C=O) groups excluding carboxylic acids is 1. The molecule has 1 heterocycles. The number of nitrogens with one attached hydrogen (secondary N) is 1. The molecule has 0 fully saturated rings. The maximum absolute atomic E-state index is 13.3. The highest BCUT2D eigenvalue weighted by Gasteiger charge is 2.08. The van der Waals surface area contributed by atoms with Crippen molar-refractivity contribution in [2.24, 2.45) is 0 Å². The third kappa shape index (κ3) is 3.43. The van der Waals surface area contributed by atoms with Gasteiger partial charge in [0, 0.05) is 22.2 Å². The minimum atomic E-state index is -0.898. The molecule has 0 saturated carbocycles. The molecule has 0 radical (unpaired) electrons. The average molecular weight is 330 g/mol. The Hall–Kier alpha value is -2.60. The third-order valence-corrected chi connectivity index (χ3v) is 4.02. The molecular weight excluding hydrogens is 318 g/mol. The SMILES string of the molecule is CC(=O)c1ccc(Nc2nc(-c3ccc(F)c(F)c3)cs2)cc1. The van der Waals surface area contributed by atoms with Crippen LogP contribution >= 0.6 is 11.3 Å². The van der Waals surface area contributed by atoms with Crippen molar-refractivity contribution in [1.29, 1.82) is 0 Å². The highest BCUT2D eigenvalue weighted by atomic mass is 32.1. The van der Waals surface area contributed by atoms with E-state index in [2.05, 4.69) is 10.3 Å². The van der Waals surface area contributed by atoms with E-state index in [9.17, 15) is 13.6 Å². The van der Waals surface area contributed by atoms with Gasteiger partial charge < -0.3 is 5.32 Å². The number of ketones is 1. The molecule has 0 amide bonds. The molecule has 0 saturated heterocycles. The van der Waals surface area contributed by atoms with Crippen molar-refractivity contribution in [2.45, 2.75) is 6.92 Å². The Morgan fingerprint density at radius 1 is 1.09 bits per heavy atom. The van der Waals surface area contributed by atoms with E-state index in [1.54, 1.807) is 29.6 Å². The summed E-state index contributed by atoms with van der Waals surface area (Å²) in [6.07, 6.45) is 0. The Kier molecular flexibility index (Phi) is 4.16. The molecule has 2 aromatic carbocycles. The molecule has 0 aliphatic heterocycles. The Bertz CT molecular complexity index is 859. The van der Waals surface area contributed by atoms with Crippen molar-refractivity contribution < 1.29 is 13.6 Å². The van der Waals surface area contributed by atoms with Crippen LogP contribution in [0.15, 0.2) is 47.8 Å². The normalized spacial score (nSPS) is 10.6. The molecule has 1 N–H and O–H groups in total. The molecule has 3 rings (SSSR count). The first-order chi connectivity index (χ1) is 11.0. The molecule has 116 valence electrons. The minimum Gasteiger partial charge on any atom is -0.332 e. The van der Waals surface area contributed by atoms with Gasteiger partial charge in [-0.15, -0.1) is 11.3 Å². The summed E-state index contributed by atoms with van der Waals surface area (Å²) in [5.74, 6) is -1.77. The summed E-state index contributed by atoms with van der Waals surface area (Å²) in [4.78, 5) is 15.6. The monoisotopic (exact) mass is 330 g/mol. The minimum absolute atomic E-state index is 0.00595. The van der Waals surface area contributed by atoms with Gasteiger partial charge in [-0.05, 0) is 49.4 Å². The topological polar surface area (TPSA) is 42.0 Å². The van der Waals surface area contributed by atoms with Crippen LogP contribution in [0.5, 0.6) is 0 Å². The van der Waals surface area contributed by atoms with Gasteiger partial charge in [-0.3, -0.25) is 4.79 Å². The highest BCUT2D eigenvalue weighted by molar-refractivity contribution is 7.14. The van der Waals surface area contributed by atoms with E-state index in [0.29, 0.717) is 22.0 Å². The lowest BCUT2D eigenvalue weighted by molar-refractivity contribution is 0.101. The second-order valence-corrected chi connectivity index (χ2v) is 5.78. The second-order valence-electron chi connectivity index (χ2n) is 4.93. The number of hydrogen-bond donors (Lipinski definition) is 1. The number of rotatable bonds is 4. The van der Waals surface area contributed by atoms with Crippen molar-refractivity contribution in [3.63, 3.8) is 0 Å². The van der Waals surface area contributed by atoms with E-state index in [1.165, 1.54) is 24.3 Å². The number of anilines is 2. The summed E-state index contributed by atoms with van der Waals surface area (Å²) in [5, 5.41) is 5.50. The number of benzene rings is 2. The molecule has 0 atom stereocenters. The molecule has 0 spiro atoms. The molecule has 0 aliphatic rings. The van der Waals surface area contributed by atoms with E-state index in [-0.39, 0.29) is 5.78 Å². The van der Waals surface area contributed by atoms with Gasteiger partial charge in [-0.25, -0.2) is 13.8 Å². The van der Waals surface area contributed by atoms with E-state index in [4.69, 9.17) is 0 Å². The number of halogens is 2. The fourth-order valence-electron chi connectivity index (χ4n) is 2.03. The third-order valence-electron chi connectivity index (χ3n) is 3.26. The van der Waals surface area contributed by atoms with E-state index < -0.39 is 11.6 Å². The van der Waals surface area contributed by atoms with Crippen LogP contribution < -0.4 is 5.32 Å². The number of Topliss-reactive ketones (excluding diaryl/α,β-unsaturated/α-hetero) is 1. The fraction of sp³-hybridized carbons (Fsp3) is 0.0588. The van der Waals surface area contributed by atoms with Crippen molar-refractivity contribution in [2.75, 3.05) is 5.32 Å². The van der Waals surface area contributed by atoms with Crippen molar-refractivity contribution >= 4 is 27.9 Å². The van der Waals surface area contributed by atoms with Crippen LogP contribution in [0.4, 0.5) is 19.6 Å². The molecule has 6 heteroatoms. The van der Waals surface area contributed by atoms with Crippen molar-refractivity contribution in [1.82, 2.24) is 4.98 Å². The summed E-state index contributed by atoms with van der Waals surface area (Å²) in [7, 11) is 0. The summed E-state index contributed by atoms with van der Waals surface area (Å²) in [6, 6.07) is 10.7. The van der Waals surface area contributed by atoms with Gasteiger partial charge in [0.2, 0.25) is 0 Å². The lowest BCUT2D eigenvalue weighted by Crippen LogP contribution is -1.93. The molecule has 0 unspecified atom stereocenters. The Morgan fingerprint density at radius 3 is 2.48 bits per heavy atom. The molecule has 3 aromatic rings. The summed E-state index contributed by atoms with van der Waals surface area (Å²) < 4.78 is 26.2. The number of nitrogens with zero attached hydrogens (tertiary/aromatic N) is 1. The number of carbonyl (C=O) groups is 1. The van der Waals surface area contributed by atoms with Gasteiger partial charge in [0.15, 0.2) is 22.5 Å². The fourth-order valence-corrected chi connectivity index (χ4v) is 2.77. The van der Waals surface area contributed by atoms with Gasteiger partial charge in [-0.1, -0.05) is 0 Å². The Balaban J connectivity index is 1.79. The highest BCUT2D eigenvalue weighted by Crippen LogP contribution is 2.28. The van der Waals surface area contributed by atoms with Gasteiger partial charge in [0.1, 0.15) is 0 Å². The first-order valence-electron chi connectivity index (χ1n) is 6.82. The zero-order valence-electron chi connectivity index (χ0n) is 12.1. The van der Waals surface area contributed by atoms with Crippen LogP contribution in [0.25, 0.3) is 11.3 Å². The first kappa shape index (κ1) is 15.3. The largest absolute Gasteiger partial charge is 0.332 e. The van der Waals surface area contributed by atoms with Crippen LogP contribution in [0.2, 0.25) is 0 Å². The molecule has 1 aromatic heterocycles. The summed E-state index contributed by atoms with van der Waals surface area (Å²) >= 11 is 1.35. The van der Waals surface area contributed by atoms with Gasteiger partial charge >= 0.3 is 0 Å². The quantitative estimate of drug-likeness (QED) is 0.682. The standard InChI is InChI=1S/C17H12F2N2OS/c1-10(22)11-2-5-13(6-3-11)20-17-21-16(9-23-17)12-4-7-14(18)15(19)8-12/h2-9H,1H3,(H,20,21). The summed E-state index contributed by atoms with van der Waals surface area (Å²) in [6.45, 7) is 1.51. The Morgan fingerprint density at radius 2 is 1.83 bits per heavy atom. The van der Waals surface area contributed by atoms with E-state index in [0.717, 1.165) is 17.8 Å².